The van der Waals surface area contributed by atoms with Gasteiger partial charge in [0.1, 0.15) is 18.5 Å². The first kappa shape index (κ1) is 19.1. The molecule has 0 amide bonds. The number of carboxylic acid groups (broad SMARTS) is 1. The summed E-state index contributed by atoms with van der Waals surface area (Å²) in [7, 11) is 0. The number of rotatable bonds is 7. The zero-order valence-corrected chi connectivity index (χ0v) is 15.0. The van der Waals surface area contributed by atoms with Crippen molar-refractivity contribution in [3.63, 3.8) is 0 Å². The second kappa shape index (κ2) is 8.79. The predicted octanol–water partition coefficient (Wildman–Crippen LogP) is 1.70. The fourth-order valence-electron chi connectivity index (χ4n) is 3.95. The van der Waals surface area contributed by atoms with E-state index in [1.165, 1.54) is 0 Å². The molecule has 0 spiro atoms. The molecule has 1 aromatic rings. The molecule has 0 atom stereocenters. The van der Waals surface area contributed by atoms with Gasteiger partial charge in [-0.15, -0.1) is 0 Å². The Morgan fingerprint density at radius 2 is 1.85 bits per heavy atom. The summed E-state index contributed by atoms with van der Waals surface area (Å²) in [5.41, 5.74) is -0.880. The SMILES string of the molecule is O=C(O)COCC1(O)CCC(N2CCC(Oc3ccncc3)CC2)CC1. The normalized spacial score (nSPS) is 28.0. The number of aliphatic hydroxyl groups is 1. The largest absolute Gasteiger partial charge is 0.490 e. The Balaban J connectivity index is 1.38. The number of ether oxygens (including phenoxy) is 2. The van der Waals surface area contributed by atoms with E-state index < -0.39 is 11.6 Å². The van der Waals surface area contributed by atoms with Crippen molar-refractivity contribution in [2.75, 3.05) is 26.3 Å². The molecule has 2 aliphatic rings. The second-order valence-electron chi connectivity index (χ2n) is 7.38. The van der Waals surface area contributed by atoms with E-state index in [0.717, 1.165) is 44.5 Å². The minimum absolute atomic E-state index is 0.105. The minimum atomic E-state index is -1.00. The Kier molecular flexibility index (Phi) is 6.45. The number of carboxylic acids is 1. The van der Waals surface area contributed by atoms with Crippen molar-refractivity contribution in [1.29, 1.82) is 0 Å². The van der Waals surface area contributed by atoms with E-state index >= 15 is 0 Å². The zero-order chi connectivity index (χ0) is 18.4. The summed E-state index contributed by atoms with van der Waals surface area (Å²) in [5, 5.41) is 19.2. The molecule has 0 bridgehead atoms. The average molecular weight is 364 g/mol. The van der Waals surface area contributed by atoms with Crippen molar-refractivity contribution in [3.05, 3.63) is 24.5 Å². The van der Waals surface area contributed by atoms with E-state index in [0.29, 0.717) is 18.9 Å². The van der Waals surface area contributed by atoms with E-state index in [1.54, 1.807) is 12.4 Å². The van der Waals surface area contributed by atoms with Gasteiger partial charge < -0.3 is 24.6 Å². The summed E-state index contributed by atoms with van der Waals surface area (Å²) >= 11 is 0. The molecule has 0 radical (unpaired) electrons. The Hall–Kier alpha value is -1.70. The molecule has 2 fully saturated rings. The van der Waals surface area contributed by atoms with Gasteiger partial charge in [0.05, 0.1) is 12.2 Å². The number of nitrogens with zero attached hydrogens (tertiary/aromatic N) is 2. The van der Waals surface area contributed by atoms with Crippen molar-refractivity contribution in [2.24, 2.45) is 0 Å². The maximum Gasteiger partial charge on any atom is 0.329 e. The predicted molar refractivity (Wildman–Crippen MR) is 95.1 cm³/mol. The molecule has 1 aromatic heterocycles. The van der Waals surface area contributed by atoms with Crippen LogP contribution < -0.4 is 4.74 Å². The van der Waals surface area contributed by atoms with Crippen LogP contribution in [0.5, 0.6) is 5.75 Å². The van der Waals surface area contributed by atoms with Crippen LogP contribution in [-0.4, -0.2) is 70.1 Å². The third-order valence-corrected chi connectivity index (χ3v) is 5.43. The molecule has 0 aromatic carbocycles. The van der Waals surface area contributed by atoms with E-state index in [-0.39, 0.29) is 19.3 Å². The summed E-state index contributed by atoms with van der Waals surface area (Å²) in [6.07, 6.45) is 8.90. The van der Waals surface area contributed by atoms with Crippen LogP contribution in [-0.2, 0) is 9.53 Å². The average Bonchev–Trinajstić information content (AvgIpc) is 2.64. The van der Waals surface area contributed by atoms with Gasteiger partial charge in [-0.25, -0.2) is 4.79 Å². The van der Waals surface area contributed by atoms with Crippen LogP contribution in [0, 0.1) is 0 Å². The standard InChI is InChI=1S/C19H28N2O5/c22-18(23)13-25-14-19(24)7-1-15(2-8-19)21-11-5-17(6-12-21)26-16-3-9-20-10-4-16/h3-4,9-10,15,17,24H,1-2,5-8,11-14H2,(H,22,23). The fraction of sp³-hybridized carbons (Fsp3) is 0.684. The number of aliphatic carboxylic acids is 1. The van der Waals surface area contributed by atoms with Crippen molar-refractivity contribution in [1.82, 2.24) is 9.88 Å². The van der Waals surface area contributed by atoms with Crippen LogP contribution in [0.4, 0.5) is 0 Å². The van der Waals surface area contributed by atoms with Crippen molar-refractivity contribution < 1.29 is 24.5 Å². The lowest BCUT2D eigenvalue weighted by molar-refractivity contribution is -0.146. The summed E-state index contributed by atoms with van der Waals surface area (Å²) in [6, 6.07) is 4.26. The lowest BCUT2D eigenvalue weighted by Crippen LogP contribution is -2.49. The van der Waals surface area contributed by atoms with Crippen molar-refractivity contribution in [3.8, 4) is 5.75 Å². The number of likely N-dealkylation sites (tertiary alicyclic amines) is 1. The molecule has 26 heavy (non-hydrogen) atoms. The number of hydrogen-bond acceptors (Lipinski definition) is 6. The molecule has 144 valence electrons. The molecule has 3 rings (SSSR count). The van der Waals surface area contributed by atoms with Crippen LogP contribution in [0.3, 0.4) is 0 Å². The quantitative estimate of drug-likeness (QED) is 0.761. The third-order valence-electron chi connectivity index (χ3n) is 5.43. The van der Waals surface area contributed by atoms with Gasteiger partial charge in [-0.2, -0.15) is 0 Å². The molecule has 7 nitrogen and oxygen atoms in total. The van der Waals surface area contributed by atoms with Gasteiger partial charge in [0, 0.05) is 31.5 Å². The summed E-state index contributed by atoms with van der Waals surface area (Å²) in [6.45, 7) is 1.77. The second-order valence-corrected chi connectivity index (χ2v) is 7.38. The Bertz CT molecular complexity index is 567. The van der Waals surface area contributed by atoms with Gasteiger partial charge in [0.25, 0.3) is 0 Å². The molecular weight excluding hydrogens is 336 g/mol. The van der Waals surface area contributed by atoms with Crippen LogP contribution in [0.2, 0.25) is 0 Å². The van der Waals surface area contributed by atoms with Gasteiger partial charge in [0.2, 0.25) is 0 Å². The maximum atomic E-state index is 10.5. The Morgan fingerprint density at radius 3 is 2.46 bits per heavy atom. The first-order chi connectivity index (χ1) is 12.5. The molecule has 1 aliphatic heterocycles. The first-order valence-corrected chi connectivity index (χ1v) is 9.37. The molecule has 1 aliphatic carbocycles. The molecule has 7 heteroatoms. The van der Waals surface area contributed by atoms with E-state index in [4.69, 9.17) is 14.6 Å². The monoisotopic (exact) mass is 364 g/mol. The highest BCUT2D eigenvalue weighted by molar-refractivity contribution is 5.67. The highest BCUT2D eigenvalue weighted by atomic mass is 16.5. The van der Waals surface area contributed by atoms with Gasteiger partial charge in [-0.1, -0.05) is 0 Å². The van der Waals surface area contributed by atoms with Gasteiger partial charge in [-0.05, 0) is 50.7 Å². The van der Waals surface area contributed by atoms with Crippen molar-refractivity contribution >= 4 is 5.97 Å². The number of aromatic nitrogens is 1. The third kappa shape index (κ3) is 5.40. The van der Waals surface area contributed by atoms with Crippen molar-refractivity contribution in [2.45, 2.75) is 56.3 Å². The topological polar surface area (TPSA) is 92.1 Å². The molecule has 1 saturated heterocycles. The molecule has 2 heterocycles. The number of hydrogen-bond donors (Lipinski definition) is 2. The highest BCUT2D eigenvalue weighted by Crippen LogP contribution is 2.32. The van der Waals surface area contributed by atoms with Gasteiger partial charge in [-0.3, -0.25) is 4.98 Å². The number of pyridine rings is 1. The molecule has 2 N–H and O–H groups in total. The van der Waals surface area contributed by atoms with Crippen LogP contribution in [0.1, 0.15) is 38.5 Å². The lowest BCUT2D eigenvalue weighted by Gasteiger charge is -2.43. The van der Waals surface area contributed by atoms with Crippen LogP contribution in [0.15, 0.2) is 24.5 Å². The Morgan fingerprint density at radius 1 is 1.19 bits per heavy atom. The lowest BCUT2D eigenvalue weighted by atomic mass is 9.81. The number of carbonyl (C=O) groups is 1. The van der Waals surface area contributed by atoms with E-state index in [2.05, 4.69) is 9.88 Å². The molecule has 1 saturated carbocycles. The van der Waals surface area contributed by atoms with E-state index in [1.807, 2.05) is 12.1 Å². The van der Waals surface area contributed by atoms with E-state index in [9.17, 15) is 9.90 Å². The molecular formula is C19H28N2O5. The van der Waals surface area contributed by atoms with Gasteiger partial charge >= 0.3 is 5.97 Å². The van der Waals surface area contributed by atoms with Crippen LogP contribution in [0.25, 0.3) is 0 Å². The summed E-state index contributed by atoms with van der Waals surface area (Å²) in [5.74, 6) is -0.123. The molecule has 0 unspecified atom stereocenters. The van der Waals surface area contributed by atoms with Gasteiger partial charge in [0.15, 0.2) is 0 Å². The Labute approximate surface area is 153 Å². The minimum Gasteiger partial charge on any atom is -0.490 e. The summed E-state index contributed by atoms with van der Waals surface area (Å²) < 4.78 is 11.1. The zero-order valence-electron chi connectivity index (χ0n) is 15.0. The van der Waals surface area contributed by atoms with Crippen LogP contribution >= 0.6 is 0 Å². The first-order valence-electron chi connectivity index (χ1n) is 9.37. The highest BCUT2D eigenvalue weighted by Gasteiger charge is 2.36. The smallest absolute Gasteiger partial charge is 0.329 e. The fourth-order valence-corrected chi connectivity index (χ4v) is 3.95. The summed E-state index contributed by atoms with van der Waals surface area (Å²) in [4.78, 5) is 17.0. The number of piperidine rings is 1. The maximum absolute atomic E-state index is 10.5.